The monoisotopic (exact) mass is 382 g/mol. The first kappa shape index (κ1) is 19.4. The van der Waals surface area contributed by atoms with Gasteiger partial charge in [-0.2, -0.15) is 0 Å². The largest absolute Gasteiger partial charge is 0.492 e. The van der Waals surface area contributed by atoms with E-state index in [0.29, 0.717) is 17.7 Å². The fourth-order valence-electron chi connectivity index (χ4n) is 3.28. The molecule has 0 saturated carbocycles. The maximum absolute atomic E-state index is 13.0. The molecule has 146 valence electrons. The Morgan fingerprint density at radius 3 is 2.54 bits per heavy atom. The molecular formula is C21H22N2O5. The zero-order valence-electron chi connectivity index (χ0n) is 15.8. The SMILES string of the molecule is CCC1(c2ccccc2)NC(=O)N(CCOc2cccc(C(=O)OC)c2)C1=O. The van der Waals surface area contributed by atoms with Crippen molar-refractivity contribution in [2.45, 2.75) is 18.9 Å². The van der Waals surface area contributed by atoms with E-state index in [1.54, 1.807) is 24.3 Å². The van der Waals surface area contributed by atoms with Crippen molar-refractivity contribution in [3.8, 4) is 5.75 Å². The van der Waals surface area contributed by atoms with E-state index in [2.05, 4.69) is 10.1 Å². The normalized spacial score (nSPS) is 18.7. The van der Waals surface area contributed by atoms with Crippen LogP contribution in [0.15, 0.2) is 54.6 Å². The van der Waals surface area contributed by atoms with Gasteiger partial charge in [0.25, 0.3) is 5.91 Å². The molecule has 1 aliphatic rings. The van der Waals surface area contributed by atoms with Crippen LogP contribution in [0.3, 0.4) is 0 Å². The molecule has 1 aliphatic heterocycles. The van der Waals surface area contributed by atoms with Crippen molar-refractivity contribution < 1.29 is 23.9 Å². The average molecular weight is 382 g/mol. The Morgan fingerprint density at radius 1 is 1.11 bits per heavy atom. The molecule has 1 fully saturated rings. The van der Waals surface area contributed by atoms with E-state index in [-0.39, 0.29) is 19.1 Å². The van der Waals surface area contributed by atoms with E-state index in [9.17, 15) is 14.4 Å². The number of urea groups is 1. The average Bonchev–Trinajstić information content (AvgIpc) is 2.99. The lowest BCUT2D eigenvalue weighted by Crippen LogP contribution is -2.43. The number of hydrogen-bond donors (Lipinski definition) is 1. The number of rotatable bonds is 7. The quantitative estimate of drug-likeness (QED) is 0.588. The number of nitrogens with zero attached hydrogens (tertiary/aromatic N) is 1. The third kappa shape index (κ3) is 3.55. The Bertz CT molecular complexity index is 883. The number of carbonyl (C=O) groups is 3. The van der Waals surface area contributed by atoms with Gasteiger partial charge in [0.1, 0.15) is 17.9 Å². The fourth-order valence-corrected chi connectivity index (χ4v) is 3.28. The molecule has 1 unspecified atom stereocenters. The number of benzene rings is 2. The first-order chi connectivity index (χ1) is 13.5. The van der Waals surface area contributed by atoms with Crippen LogP contribution in [0.4, 0.5) is 4.79 Å². The molecule has 1 saturated heterocycles. The highest BCUT2D eigenvalue weighted by atomic mass is 16.5. The number of carbonyl (C=O) groups excluding carboxylic acids is 3. The van der Waals surface area contributed by atoms with E-state index < -0.39 is 17.5 Å². The maximum Gasteiger partial charge on any atom is 0.337 e. The fraction of sp³-hybridized carbons (Fsp3) is 0.286. The Balaban J connectivity index is 1.68. The van der Waals surface area contributed by atoms with Gasteiger partial charge in [-0.25, -0.2) is 9.59 Å². The highest BCUT2D eigenvalue weighted by Crippen LogP contribution is 2.32. The van der Waals surface area contributed by atoms with Crippen LogP contribution >= 0.6 is 0 Å². The first-order valence-electron chi connectivity index (χ1n) is 9.02. The lowest BCUT2D eigenvalue weighted by atomic mass is 9.87. The predicted molar refractivity (Wildman–Crippen MR) is 102 cm³/mol. The van der Waals surface area contributed by atoms with Crippen LogP contribution < -0.4 is 10.1 Å². The Labute approximate surface area is 163 Å². The zero-order chi connectivity index (χ0) is 20.1. The molecule has 0 radical (unpaired) electrons. The van der Waals surface area contributed by atoms with Crippen molar-refractivity contribution in [2.75, 3.05) is 20.3 Å². The topological polar surface area (TPSA) is 84.9 Å². The summed E-state index contributed by atoms with van der Waals surface area (Å²) in [5.41, 5.74) is 0.0671. The summed E-state index contributed by atoms with van der Waals surface area (Å²) in [5.74, 6) is -0.298. The molecule has 0 bridgehead atoms. The first-order valence-corrected chi connectivity index (χ1v) is 9.02. The number of hydrogen-bond acceptors (Lipinski definition) is 5. The molecule has 28 heavy (non-hydrogen) atoms. The molecule has 2 aromatic rings. The molecule has 3 rings (SSSR count). The van der Waals surface area contributed by atoms with Crippen LogP contribution in [-0.4, -0.2) is 43.1 Å². The summed E-state index contributed by atoms with van der Waals surface area (Å²) >= 11 is 0. The molecule has 0 spiro atoms. The number of ether oxygens (including phenoxy) is 2. The van der Waals surface area contributed by atoms with Gasteiger partial charge in [-0.1, -0.05) is 43.3 Å². The molecule has 1 heterocycles. The van der Waals surface area contributed by atoms with Gasteiger partial charge < -0.3 is 14.8 Å². The molecule has 3 amide bonds. The minimum Gasteiger partial charge on any atom is -0.492 e. The molecule has 0 aliphatic carbocycles. The van der Waals surface area contributed by atoms with Gasteiger partial charge in [-0.05, 0) is 30.2 Å². The second kappa shape index (κ2) is 8.12. The van der Waals surface area contributed by atoms with Crippen LogP contribution in [0.25, 0.3) is 0 Å². The van der Waals surface area contributed by atoms with Crippen molar-refractivity contribution in [3.05, 3.63) is 65.7 Å². The van der Waals surface area contributed by atoms with Crippen LogP contribution in [0, 0.1) is 0 Å². The summed E-state index contributed by atoms with van der Waals surface area (Å²) in [6.45, 7) is 2.07. The number of methoxy groups -OCH3 is 1. The summed E-state index contributed by atoms with van der Waals surface area (Å²) in [6.07, 6.45) is 0.445. The Morgan fingerprint density at radius 2 is 1.86 bits per heavy atom. The van der Waals surface area contributed by atoms with Crippen molar-refractivity contribution in [1.29, 1.82) is 0 Å². The third-order valence-corrected chi connectivity index (χ3v) is 4.81. The van der Waals surface area contributed by atoms with Gasteiger partial charge in [0.2, 0.25) is 0 Å². The van der Waals surface area contributed by atoms with Crippen molar-refractivity contribution in [2.24, 2.45) is 0 Å². The minimum absolute atomic E-state index is 0.0989. The third-order valence-electron chi connectivity index (χ3n) is 4.81. The van der Waals surface area contributed by atoms with Crippen LogP contribution in [0.1, 0.15) is 29.3 Å². The molecule has 1 N–H and O–H groups in total. The van der Waals surface area contributed by atoms with Crippen molar-refractivity contribution >= 4 is 17.9 Å². The van der Waals surface area contributed by atoms with Crippen LogP contribution in [0.5, 0.6) is 5.75 Å². The standard InChI is InChI=1S/C21H22N2O5/c1-3-21(16-9-5-4-6-10-16)19(25)23(20(26)22-21)12-13-28-17-11-7-8-15(14-17)18(24)27-2/h4-11,14H,3,12-13H2,1-2H3,(H,22,26). The molecule has 2 aromatic carbocycles. The lowest BCUT2D eigenvalue weighted by Gasteiger charge is -2.25. The smallest absolute Gasteiger partial charge is 0.337 e. The molecule has 7 heteroatoms. The van der Waals surface area contributed by atoms with Crippen molar-refractivity contribution in [1.82, 2.24) is 10.2 Å². The van der Waals surface area contributed by atoms with Gasteiger partial charge in [0.15, 0.2) is 0 Å². The number of esters is 1. The predicted octanol–water partition coefficient (Wildman–Crippen LogP) is 2.71. The van der Waals surface area contributed by atoms with Crippen LogP contribution in [-0.2, 0) is 15.1 Å². The molecule has 0 aromatic heterocycles. The minimum atomic E-state index is -1.05. The van der Waals surface area contributed by atoms with Gasteiger partial charge in [0.05, 0.1) is 19.2 Å². The van der Waals surface area contributed by atoms with E-state index in [1.807, 2.05) is 37.3 Å². The van der Waals surface area contributed by atoms with Gasteiger partial charge in [-0.15, -0.1) is 0 Å². The van der Waals surface area contributed by atoms with Gasteiger partial charge in [0, 0.05) is 0 Å². The number of nitrogens with one attached hydrogen (secondary N) is 1. The zero-order valence-corrected chi connectivity index (χ0v) is 15.8. The number of imide groups is 1. The summed E-state index contributed by atoms with van der Waals surface area (Å²) in [5, 5.41) is 2.83. The van der Waals surface area contributed by atoms with E-state index in [0.717, 1.165) is 5.56 Å². The highest BCUT2D eigenvalue weighted by molar-refractivity contribution is 6.07. The second-order valence-electron chi connectivity index (χ2n) is 6.38. The summed E-state index contributed by atoms with van der Waals surface area (Å²) < 4.78 is 10.3. The Kier molecular flexibility index (Phi) is 5.63. The molecule has 1 atom stereocenters. The second-order valence-corrected chi connectivity index (χ2v) is 6.38. The summed E-state index contributed by atoms with van der Waals surface area (Å²) in [6, 6.07) is 15.3. The van der Waals surface area contributed by atoms with Crippen molar-refractivity contribution in [3.63, 3.8) is 0 Å². The van der Waals surface area contributed by atoms with E-state index >= 15 is 0 Å². The number of amides is 3. The highest BCUT2D eigenvalue weighted by Gasteiger charge is 2.50. The molecular weight excluding hydrogens is 360 g/mol. The van der Waals surface area contributed by atoms with Crippen LogP contribution in [0.2, 0.25) is 0 Å². The van der Waals surface area contributed by atoms with Gasteiger partial charge >= 0.3 is 12.0 Å². The molecule has 7 nitrogen and oxygen atoms in total. The lowest BCUT2D eigenvalue weighted by molar-refractivity contribution is -0.132. The van der Waals surface area contributed by atoms with Gasteiger partial charge in [-0.3, -0.25) is 9.69 Å². The maximum atomic E-state index is 13.0. The summed E-state index contributed by atoms with van der Waals surface area (Å²) in [4.78, 5) is 38.2. The Hall–Kier alpha value is -3.35. The summed E-state index contributed by atoms with van der Waals surface area (Å²) in [7, 11) is 1.31. The van der Waals surface area contributed by atoms with E-state index in [1.165, 1.54) is 12.0 Å². The van der Waals surface area contributed by atoms with E-state index in [4.69, 9.17) is 4.74 Å².